The first kappa shape index (κ1) is 12.1. The molecule has 6 nitrogen and oxygen atoms in total. The number of pyridine rings is 1. The van der Waals surface area contributed by atoms with E-state index in [4.69, 9.17) is 4.74 Å². The summed E-state index contributed by atoms with van der Waals surface area (Å²) < 4.78 is 12.2. The molecule has 0 aliphatic rings. The van der Waals surface area contributed by atoms with Gasteiger partial charge in [-0.05, 0) is 0 Å². The van der Waals surface area contributed by atoms with Crippen molar-refractivity contribution in [3.63, 3.8) is 0 Å². The minimum atomic E-state index is -0.639. The maximum atomic E-state index is 12.4. The van der Waals surface area contributed by atoms with E-state index in [1.165, 1.54) is 6.20 Å². The Morgan fingerprint density at radius 1 is 1.42 bits per heavy atom. The van der Waals surface area contributed by atoms with Crippen molar-refractivity contribution < 1.29 is 9.53 Å². The number of ether oxygens (including phenoxy) is 1. The summed E-state index contributed by atoms with van der Waals surface area (Å²) in [5.74, 6) is -0.639. The maximum absolute atomic E-state index is 12.4. The van der Waals surface area contributed by atoms with Gasteiger partial charge in [0.2, 0.25) is 0 Å². The second-order valence-corrected chi connectivity index (χ2v) is 5.05. The van der Waals surface area contributed by atoms with Crippen LogP contribution in [0.15, 0.2) is 23.1 Å². The van der Waals surface area contributed by atoms with Crippen LogP contribution in [0.3, 0.4) is 0 Å². The third kappa shape index (κ3) is 1.87. The average Bonchev–Trinajstić information content (AvgIpc) is 2.87. The molecule has 2 heterocycles. The van der Waals surface area contributed by atoms with Crippen LogP contribution in [0.25, 0.3) is 21.9 Å². The number of aromatic amines is 1. The average molecular weight is 322 g/mol. The van der Waals surface area contributed by atoms with Crippen molar-refractivity contribution in [2.45, 2.75) is 6.92 Å². The third-order valence-electron chi connectivity index (χ3n) is 2.75. The molecule has 3 rings (SSSR count). The molecule has 0 aliphatic heterocycles. The number of benzene rings is 1. The molecule has 96 valence electrons. The van der Waals surface area contributed by atoms with E-state index in [2.05, 4.69) is 12.9 Å². The molecule has 19 heavy (non-hydrogen) atoms. The van der Waals surface area contributed by atoms with Gasteiger partial charge in [-0.15, -0.1) is 0 Å². The van der Waals surface area contributed by atoms with Gasteiger partial charge in [-0.25, -0.2) is 0 Å². The van der Waals surface area contributed by atoms with Gasteiger partial charge in [0.25, 0.3) is 0 Å². The zero-order chi connectivity index (χ0) is 13.4. The van der Waals surface area contributed by atoms with Crippen molar-refractivity contribution in [2.24, 2.45) is 0 Å². The Hall–Kier alpha value is -1.98. The molecule has 0 amide bonds. The molecule has 0 spiro atoms. The SMILES string of the molecule is CCOC(=O)c1cnc2ccc3n[se][nH]c3c2c1=O. The van der Waals surface area contributed by atoms with Crippen LogP contribution >= 0.6 is 0 Å². The Bertz CT molecular complexity index is 837. The zero-order valence-corrected chi connectivity index (χ0v) is 11.7. The van der Waals surface area contributed by atoms with Crippen molar-refractivity contribution in [1.29, 1.82) is 0 Å². The monoisotopic (exact) mass is 323 g/mol. The molecule has 0 bridgehead atoms. The molecule has 0 saturated carbocycles. The number of hydrogen-bond acceptors (Lipinski definition) is 5. The van der Waals surface area contributed by atoms with E-state index in [0.29, 0.717) is 16.4 Å². The predicted molar refractivity (Wildman–Crippen MR) is 70.6 cm³/mol. The summed E-state index contributed by atoms with van der Waals surface area (Å²) >= 11 is -0.108. The fraction of sp³-hybridized carbons (Fsp3) is 0.167. The summed E-state index contributed by atoms with van der Waals surface area (Å²) in [6, 6.07) is 3.55. The molecular weight excluding hydrogens is 313 g/mol. The molecule has 3 aromatic rings. The van der Waals surface area contributed by atoms with Crippen LogP contribution < -0.4 is 5.43 Å². The number of fused-ring (bicyclic) bond motifs is 3. The van der Waals surface area contributed by atoms with Crippen molar-refractivity contribution >= 4 is 42.9 Å². The van der Waals surface area contributed by atoms with Crippen molar-refractivity contribution in [3.8, 4) is 0 Å². The number of rotatable bonds is 2. The normalized spacial score (nSPS) is 11.0. The molecule has 0 fully saturated rings. The Morgan fingerprint density at radius 3 is 3.00 bits per heavy atom. The topological polar surface area (TPSA) is 84.9 Å². The van der Waals surface area contributed by atoms with Crippen LogP contribution in [0.5, 0.6) is 0 Å². The molecule has 1 N–H and O–H groups in total. The van der Waals surface area contributed by atoms with Crippen LogP contribution in [-0.2, 0) is 4.74 Å². The van der Waals surface area contributed by atoms with Gasteiger partial charge >= 0.3 is 113 Å². The number of H-pyrrole nitrogens is 1. The first-order chi connectivity index (χ1) is 9.22. The summed E-state index contributed by atoms with van der Waals surface area (Å²) in [6.07, 6.45) is 1.27. The standard InChI is InChI=1S/C12H9N3O3Se/c1-2-18-12(17)6-5-13-7-3-4-8-10(15-19-14-8)9(7)11(6)16/h3-5,15H,2H2,1H3. The van der Waals surface area contributed by atoms with E-state index in [-0.39, 0.29) is 32.6 Å². The van der Waals surface area contributed by atoms with Crippen LogP contribution in [0.2, 0.25) is 0 Å². The summed E-state index contributed by atoms with van der Waals surface area (Å²) in [6.45, 7) is 1.91. The van der Waals surface area contributed by atoms with Crippen molar-refractivity contribution in [1.82, 2.24) is 12.9 Å². The zero-order valence-electron chi connectivity index (χ0n) is 9.97. The fourth-order valence-corrected chi connectivity index (χ4v) is 3.14. The van der Waals surface area contributed by atoms with E-state index in [1.54, 1.807) is 13.0 Å². The van der Waals surface area contributed by atoms with Gasteiger partial charge in [0.05, 0.1) is 0 Å². The molecule has 7 heteroatoms. The molecule has 1 aromatic carbocycles. The summed E-state index contributed by atoms with van der Waals surface area (Å²) in [7, 11) is 0. The number of nitrogens with zero attached hydrogens (tertiary/aromatic N) is 2. The second kappa shape index (κ2) is 4.60. The quantitative estimate of drug-likeness (QED) is 0.555. The van der Waals surface area contributed by atoms with Gasteiger partial charge in [0, 0.05) is 0 Å². The first-order valence-corrected chi connectivity index (χ1v) is 7.27. The van der Waals surface area contributed by atoms with Crippen molar-refractivity contribution in [3.05, 3.63) is 34.1 Å². The van der Waals surface area contributed by atoms with E-state index in [1.807, 2.05) is 6.07 Å². The Balaban J connectivity index is 2.36. The van der Waals surface area contributed by atoms with Crippen LogP contribution in [0.4, 0.5) is 0 Å². The number of nitrogens with one attached hydrogen (secondary N) is 1. The van der Waals surface area contributed by atoms with E-state index in [9.17, 15) is 9.59 Å². The molecule has 0 radical (unpaired) electrons. The van der Waals surface area contributed by atoms with E-state index in [0.717, 1.165) is 5.52 Å². The summed E-state index contributed by atoms with van der Waals surface area (Å²) in [4.78, 5) is 28.2. The van der Waals surface area contributed by atoms with Crippen molar-refractivity contribution in [2.75, 3.05) is 6.61 Å². The van der Waals surface area contributed by atoms with Gasteiger partial charge in [0.1, 0.15) is 0 Å². The number of aromatic nitrogens is 3. The molecule has 0 aliphatic carbocycles. The predicted octanol–water partition coefficient (Wildman–Crippen LogP) is 0.705. The van der Waals surface area contributed by atoms with Gasteiger partial charge in [0.15, 0.2) is 0 Å². The van der Waals surface area contributed by atoms with Crippen LogP contribution in [-0.4, -0.2) is 40.5 Å². The van der Waals surface area contributed by atoms with Gasteiger partial charge in [-0.1, -0.05) is 0 Å². The Morgan fingerprint density at radius 2 is 2.21 bits per heavy atom. The minimum absolute atomic E-state index is 0.0380. The van der Waals surface area contributed by atoms with Gasteiger partial charge in [-0.3, -0.25) is 0 Å². The van der Waals surface area contributed by atoms with Gasteiger partial charge < -0.3 is 0 Å². The number of hydrogen-bond donors (Lipinski definition) is 1. The third-order valence-corrected chi connectivity index (χ3v) is 3.98. The fourth-order valence-electron chi connectivity index (χ4n) is 1.90. The molecule has 0 atom stereocenters. The molecule has 0 saturated heterocycles. The van der Waals surface area contributed by atoms with Crippen LogP contribution in [0.1, 0.15) is 17.3 Å². The molecule has 0 unspecified atom stereocenters. The molecule has 2 aromatic heterocycles. The number of esters is 1. The van der Waals surface area contributed by atoms with Gasteiger partial charge in [-0.2, -0.15) is 0 Å². The number of carbonyl (C=O) groups excluding carboxylic acids is 1. The summed E-state index contributed by atoms with van der Waals surface area (Å²) in [5.41, 5.74) is 1.57. The molecular formula is C12H9N3O3Se. The van der Waals surface area contributed by atoms with Crippen LogP contribution in [0, 0.1) is 0 Å². The summed E-state index contributed by atoms with van der Waals surface area (Å²) in [5, 5.41) is 0.408. The van der Waals surface area contributed by atoms with E-state index < -0.39 is 5.97 Å². The Kier molecular flexibility index (Phi) is 2.93. The Labute approximate surface area is 113 Å². The first-order valence-electron chi connectivity index (χ1n) is 5.65. The number of carbonyl (C=O) groups is 1. The van der Waals surface area contributed by atoms with E-state index >= 15 is 0 Å². The second-order valence-electron chi connectivity index (χ2n) is 3.86.